The zero-order valence-electron chi connectivity index (χ0n) is 22.6. The number of hydrogen-bond donors (Lipinski definition) is 2. The van der Waals surface area contributed by atoms with Gasteiger partial charge in [0.25, 0.3) is 0 Å². The number of aliphatic hydroxyl groups is 1. The molecule has 42 heavy (non-hydrogen) atoms. The number of aromatic nitrogens is 2. The predicted octanol–water partition coefficient (Wildman–Crippen LogP) is 8.01. The molecule has 1 aromatic heterocycles. The van der Waals surface area contributed by atoms with Crippen LogP contribution in [-0.4, -0.2) is 27.4 Å². The average molecular weight is 626 g/mol. The van der Waals surface area contributed by atoms with Gasteiger partial charge in [-0.05, 0) is 72.6 Å². The average Bonchev–Trinajstić information content (AvgIpc) is 3.90. The number of benzene rings is 3. The Labute approximate surface area is 257 Å². The Bertz CT molecular complexity index is 1740. The van der Waals surface area contributed by atoms with Gasteiger partial charge in [0.05, 0.1) is 17.3 Å². The fraction of sp³-hybridized carbons (Fsp3) is 0.290. The number of nitroso groups, excluding NO2 is 1. The number of carbonyl (C=O) groups excluding carboxylic acids is 1. The van der Waals surface area contributed by atoms with E-state index in [4.69, 9.17) is 45.3 Å². The molecular formula is C31H27Cl3N4O4. The van der Waals surface area contributed by atoms with E-state index in [0.717, 1.165) is 35.9 Å². The maximum absolute atomic E-state index is 11.8. The molecule has 3 atom stereocenters. The number of allylic oxidation sites excluding steroid dienone is 1. The van der Waals surface area contributed by atoms with E-state index in [2.05, 4.69) is 10.3 Å². The summed E-state index contributed by atoms with van der Waals surface area (Å²) in [5, 5.41) is 19.7. The fourth-order valence-electron chi connectivity index (χ4n) is 5.60. The first-order chi connectivity index (χ1) is 20.2. The van der Waals surface area contributed by atoms with E-state index in [0.29, 0.717) is 37.3 Å². The van der Waals surface area contributed by atoms with Crippen molar-refractivity contribution in [3.05, 3.63) is 108 Å². The van der Waals surface area contributed by atoms with E-state index in [1.807, 2.05) is 30.3 Å². The van der Waals surface area contributed by atoms with Gasteiger partial charge in [0.1, 0.15) is 12.4 Å². The Balaban J connectivity index is 1.18. The number of aliphatic hydroxyl groups excluding tert-OH is 1. The summed E-state index contributed by atoms with van der Waals surface area (Å²) in [7, 11) is 1.73. The molecule has 4 aromatic rings. The predicted molar refractivity (Wildman–Crippen MR) is 164 cm³/mol. The smallest absolute Gasteiger partial charge is 0.337 e. The minimum atomic E-state index is -0.883. The van der Waals surface area contributed by atoms with E-state index in [1.165, 1.54) is 0 Å². The molecule has 0 saturated heterocycles. The van der Waals surface area contributed by atoms with Crippen molar-refractivity contribution in [3.63, 3.8) is 0 Å². The van der Waals surface area contributed by atoms with Crippen molar-refractivity contribution >= 4 is 51.6 Å². The molecule has 0 aliphatic heterocycles. The van der Waals surface area contributed by atoms with Crippen LogP contribution in [-0.2, 0) is 7.05 Å². The van der Waals surface area contributed by atoms with Gasteiger partial charge in [-0.15, -0.1) is 4.91 Å². The largest absolute Gasteiger partial charge is 0.512 e. The Kier molecular flexibility index (Phi) is 7.74. The first kappa shape index (κ1) is 28.7. The lowest BCUT2D eigenvalue weighted by atomic mass is 9.97. The van der Waals surface area contributed by atoms with Crippen LogP contribution >= 0.6 is 34.8 Å². The molecule has 2 saturated carbocycles. The minimum Gasteiger partial charge on any atom is -0.512 e. The number of amides is 1. The summed E-state index contributed by atoms with van der Waals surface area (Å²) in [5.74, 6) is 0.434. The molecule has 6 rings (SSSR count). The fourth-order valence-corrected chi connectivity index (χ4v) is 6.54. The lowest BCUT2D eigenvalue weighted by molar-refractivity contribution is 0.0997. The summed E-state index contributed by atoms with van der Waals surface area (Å²) >= 11 is 19.6. The zero-order valence-corrected chi connectivity index (χ0v) is 24.8. The number of carbonyl (C=O) groups is 1. The van der Waals surface area contributed by atoms with Crippen molar-refractivity contribution in [1.82, 2.24) is 9.78 Å². The molecule has 0 radical (unpaired) electrons. The monoisotopic (exact) mass is 624 g/mol. The van der Waals surface area contributed by atoms with Gasteiger partial charge >= 0.3 is 5.91 Å². The third-order valence-corrected chi connectivity index (χ3v) is 9.11. The number of halogens is 3. The number of nitrogens with two attached hydrogens (primary N) is 1. The number of aryl methyl sites for hydroxylation is 1. The highest BCUT2D eigenvalue weighted by Crippen LogP contribution is 2.56. The van der Waals surface area contributed by atoms with E-state index in [9.17, 15) is 14.8 Å². The number of nitrogens with zero attached hydrogens (tertiary/aromatic N) is 3. The number of fused-ring (bicyclic) bond motifs is 1. The van der Waals surface area contributed by atoms with Gasteiger partial charge in [-0.1, -0.05) is 59.1 Å². The molecule has 3 unspecified atom stereocenters. The normalized spacial score (nSPS) is 19.4. The highest BCUT2D eigenvalue weighted by Gasteiger charge is 2.41. The van der Waals surface area contributed by atoms with Gasteiger partial charge in [-0.3, -0.25) is 9.48 Å². The van der Waals surface area contributed by atoms with Crippen LogP contribution in [0, 0.1) is 10.8 Å². The van der Waals surface area contributed by atoms with E-state index < -0.39 is 11.9 Å². The van der Waals surface area contributed by atoms with E-state index >= 15 is 0 Å². The second-order valence-corrected chi connectivity index (χ2v) is 12.1. The van der Waals surface area contributed by atoms with Crippen LogP contribution in [0.3, 0.4) is 0 Å². The summed E-state index contributed by atoms with van der Waals surface area (Å²) < 4.78 is 7.68. The first-order valence-electron chi connectivity index (χ1n) is 13.6. The second-order valence-electron chi connectivity index (χ2n) is 10.9. The van der Waals surface area contributed by atoms with Gasteiger partial charge in [-0.2, -0.15) is 5.10 Å². The molecule has 216 valence electrons. The summed E-state index contributed by atoms with van der Waals surface area (Å²) in [4.78, 5) is 22.6. The van der Waals surface area contributed by atoms with Crippen molar-refractivity contribution in [2.24, 2.45) is 23.9 Å². The molecule has 8 nitrogen and oxygen atoms in total. The molecule has 0 spiro atoms. The van der Waals surface area contributed by atoms with Crippen LogP contribution in [0.5, 0.6) is 5.75 Å². The highest BCUT2D eigenvalue weighted by molar-refractivity contribution is 6.36. The van der Waals surface area contributed by atoms with Crippen LogP contribution in [0.15, 0.2) is 71.1 Å². The van der Waals surface area contributed by atoms with Crippen LogP contribution in [0.2, 0.25) is 15.1 Å². The summed E-state index contributed by atoms with van der Waals surface area (Å²) in [5.41, 5.74) is 10.6. The number of rotatable bonds is 9. The summed E-state index contributed by atoms with van der Waals surface area (Å²) in [6, 6.07) is 15.8. The lowest BCUT2D eigenvalue weighted by Crippen LogP contribution is -2.21. The van der Waals surface area contributed by atoms with Crippen molar-refractivity contribution in [3.8, 4) is 5.75 Å². The molecule has 3 N–H and O–H groups in total. The molecule has 2 aliphatic rings. The molecule has 3 aromatic carbocycles. The van der Waals surface area contributed by atoms with Crippen LogP contribution in [0.1, 0.15) is 64.3 Å². The maximum Gasteiger partial charge on any atom is 0.337 e. The Morgan fingerprint density at radius 1 is 1.10 bits per heavy atom. The van der Waals surface area contributed by atoms with E-state index in [1.54, 1.807) is 36.0 Å². The van der Waals surface area contributed by atoms with Crippen molar-refractivity contribution in [2.75, 3.05) is 6.61 Å². The third-order valence-electron chi connectivity index (χ3n) is 8.12. The number of hydrogen-bond acceptors (Lipinski definition) is 6. The number of ether oxygens (including phenoxy) is 1. The topological polar surface area (TPSA) is 120 Å². The lowest BCUT2D eigenvalue weighted by Gasteiger charge is -2.21. The van der Waals surface area contributed by atoms with Crippen molar-refractivity contribution in [2.45, 2.75) is 37.1 Å². The molecule has 11 heteroatoms. The summed E-state index contributed by atoms with van der Waals surface area (Å²) in [6.45, 7) is 0.0572. The van der Waals surface area contributed by atoms with Crippen molar-refractivity contribution < 1.29 is 14.6 Å². The van der Waals surface area contributed by atoms with Crippen LogP contribution < -0.4 is 10.5 Å². The second kappa shape index (κ2) is 11.3. The van der Waals surface area contributed by atoms with Gasteiger partial charge in [0.15, 0.2) is 5.69 Å². The van der Waals surface area contributed by atoms with Crippen LogP contribution in [0.25, 0.3) is 10.9 Å². The van der Waals surface area contributed by atoms with Gasteiger partial charge in [0, 0.05) is 49.7 Å². The van der Waals surface area contributed by atoms with Gasteiger partial charge < -0.3 is 15.6 Å². The Morgan fingerprint density at radius 2 is 1.83 bits per heavy atom. The quantitative estimate of drug-likeness (QED) is 0.144. The highest BCUT2D eigenvalue weighted by atomic mass is 35.5. The Hall–Kier alpha value is -3.43. The van der Waals surface area contributed by atoms with Crippen molar-refractivity contribution in [1.29, 1.82) is 0 Å². The van der Waals surface area contributed by atoms with Crippen LogP contribution in [0.4, 0.5) is 0 Å². The minimum absolute atomic E-state index is 0.0550. The molecule has 0 bridgehead atoms. The molecule has 2 fully saturated rings. The van der Waals surface area contributed by atoms with E-state index in [-0.39, 0.29) is 35.8 Å². The van der Waals surface area contributed by atoms with Gasteiger partial charge in [-0.25, -0.2) is 0 Å². The standard InChI is InChI=1S/C31H27Cl3N4O4/c1-38-26-11-16(7-9-19(26)29(36-38)31(40)37-41)20-13-21(20)18-10-8-17(12-25(18)34)42-14-22(30(39)15-5-6-15)28(35)27-23(32)3-2-4-24(27)33/h2-4,7-12,15,20-21,28,39H,5-6,13-14,35H2,1H3/b30-22-. The first-order valence-corrected chi connectivity index (χ1v) is 14.7. The molecular weight excluding hydrogens is 599 g/mol. The molecule has 1 heterocycles. The SMILES string of the molecule is Cn1nc(C(=O)N=O)c2ccc(C3CC3c3ccc(OC/C(=C(/O)C4CC4)C(N)c4c(Cl)cccc4Cl)cc3Cl)cc21. The van der Waals surface area contributed by atoms with Gasteiger partial charge in [0.2, 0.25) is 0 Å². The third kappa shape index (κ3) is 5.40. The maximum atomic E-state index is 11.8. The zero-order chi connectivity index (χ0) is 29.7. The summed E-state index contributed by atoms with van der Waals surface area (Å²) in [6.07, 6.45) is 2.70. The molecule has 2 aliphatic carbocycles. The molecule has 1 amide bonds. The Morgan fingerprint density at radius 3 is 2.50 bits per heavy atom.